The first-order valence-electron chi connectivity index (χ1n) is 6.44. The Hall–Kier alpha value is -0.780. The molecule has 108 valence electrons. The number of halogens is 3. The summed E-state index contributed by atoms with van der Waals surface area (Å²) in [5, 5.41) is 5.18. The molecule has 1 heterocycles. The van der Waals surface area contributed by atoms with Crippen molar-refractivity contribution in [1.29, 1.82) is 0 Å². The van der Waals surface area contributed by atoms with Gasteiger partial charge in [-0.1, -0.05) is 6.92 Å². The summed E-state index contributed by atoms with van der Waals surface area (Å²) in [7, 11) is 1.82. The second kappa shape index (κ2) is 6.78. The van der Waals surface area contributed by atoms with E-state index < -0.39 is 11.6 Å². The van der Waals surface area contributed by atoms with Crippen LogP contribution in [0.1, 0.15) is 29.0 Å². The Morgan fingerprint density at radius 3 is 2.70 bits per heavy atom. The minimum absolute atomic E-state index is 0.0803. The summed E-state index contributed by atoms with van der Waals surface area (Å²) < 4.78 is 28.2. The summed E-state index contributed by atoms with van der Waals surface area (Å²) in [6.07, 6.45) is 1.21. The van der Waals surface area contributed by atoms with Crippen molar-refractivity contribution in [2.24, 2.45) is 0 Å². The normalized spacial score (nSPS) is 12.7. The number of hydrogen-bond acceptors (Lipinski definition) is 2. The SMILES string of the molecule is CCc1ccsc1C(Cc1c(F)ccc(Br)c1F)NC. The lowest BCUT2D eigenvalue weighted by Crippen LogP contribution is -2.20. The predicted octanol–water partition coefficient (Wildman–Crippen LogP) is 4.85. The first kappa shape index (κ1) is 15.6. The number of aryl methyl sites for hydroxylation is 1. The first-order chi connectivity index (χ1) is 9.58. The molecule has 1 atom stereocenters. The van der Waals surface area contributed by atoms with Crippen molar-refractivity contribution >= 4 is 27.3 Å². The number of thiophene rings is 1. The molecule has 2 aromatic rings. The highest BCUT2D eigenvalue weighted by atomic mass is 79.9. The summed E-state index contributed by atoms with van der Waals surface area (Å²) in [4.78, 5) is 1.15. The van der Waals surface area contributed by atoms with Gasteiger partial charge in [0.2, 0.25) is 0 Å². The average Bonchev–Trinajstić information content (AvgIpc) is 2.92. The van der Waals surface area contributed by atoms with Crippen LogP contribution in [0, 0.1) is 11.6 Å². The van der Waals surface area contributed by atoms with E-state index in [4.69, 9.17) is 0 Å². The Morgan fingerprint density at radius 2 is 2.05 bits per heavy atom. The van der Waals surface area contributed by atoms with E-state index in [0.29, 0.717) is 10.9 Å². The Labute approximate surface area is 130 Å². The number of benzene rings is 1. The van der Waals surface area contributed by atoms with Gasteiger partial charge < -0.3 is 5.32 Å². The fraction of sp³-hybridized carbons (Fsp3) is 0.333. The van der Waals surface area contributed by atoms with E-state index in [9.17, 15) is 8.78 Å². The molecule has 0 bridgehead atoms. The van der Waals surface area contributed by atoms with Crippen LogP contribution in [0.15, 0.2) is 28.1 Å². The minimum Gasteiger partial charge on any atom is -0.312 e. The average molecular weight is 360 g/mol. The zero-order chi connectivity index (χ0) is 14.7. The standard InChI is InChI=1S/C15H16BrF2NS/c1-3-9-6-7-20-15(9)13(19-2)8-10-12(17)5-4-11(16)14(10)18/h4-7,13,19H,3,8H2,1-2H3. The molecule has 0 aliphatic heterocycles. The van der Waals surface area contributed by atoms with Crippen molar-refractivity contribution in [3.8, 4) is 0 Å². The molecule has 1 aromatic heterocycles. The van der Waals surface area contributed by atoms with Gasteiger partial charge in [-0.3, -0.25) is 0 Å². The van der Waals surface area contributed by atoms with Crippen molar-refractivity contribution in [3.05, 3.63) is 55.7 Å². The third kappa shape index (κ3) is 3.10. The van der Waals surface area contributed by atoms with Gasteiger partial charge in [0.25, 0.3) is 0 Å². The second-order valence-corrected chi connectivity index (χ2v) is 6.33. The van der Waals surface area contributed by atoms with E-state index in [1.165, 1.54) is 17.7 Å². The third-order valence-electron chi connectivity index (χ3n) is 3.37. The third-order valence-corrected chi connectivity index (χ3v) is 5.06. The van der Waals surface area contributed by atoms with E-state index in [0.717, 1.165) is 11.3 Å². The van der Waals surface area contributed by atoms with Gasteiger partial charge in [0, 0.05) is 16.5 Å². The van der Waals surface area contributed by atoms with Crippen LogP contribution in [0.3, 0.4) is 0 Å². The summed E-state index contributed by atoms with van der Waals surface area (Å²) >= 11 is 4.73. The fourth-order valence-corrected chi connectivity index (χ4v) is 3.71. The Morgan fingerprint density at radius 1 is 1.30 bits per heavy atom. The summed E-state index contributed by atoms with van der Waals surface area (Å²) in [5.74, 6) is -1.01. The lowest BCUT2D eigenvalue weighted by atomic mass is 10.0. The van der Waals surface area contributed by atoms with Crippen LogP contribution < -0.4 is 5.32 Å². The maximum Gasteiger partial charge on any atom is 0.143 e. The minimum atomic E-state index is -0.514. The van der Waals surface area contributed by atoms with Crippen LogP contribution in [0.4, 0.5) is 8.78 Å². The monoisotopic (exact) mass is 359 g/mol. The van der Waals surface area contributed by atoms with Gasteiger partial charge in [0.15, 0.2) is 0 Å². The molecule has 1 aromatic carbocycles. The summed E-state index contributed by atoms with van der Waals surface area (Å²) in [6.45, 7) is 2.08. The van der Waals surface area contributed by atoms with Gasteiger partial charge >= 0.3 is 0 Å². The summed E-state index contributed by atoms with van der Waals surface area (Å²) in [5.41, 5.74) is 1.35. The largest absolute Gasteiger partial charge is 0.312 e. The van der Waals surface area contributed by atoms with E-state index >= 15 is 0 Å². The van der Waals surface area contributed by atoms with Crippen LogP contribution >= 0.6 is 27.3 Å². The maximum atomic E-state index is 14.1. The number of likely N-dealkylation sites (N-methyl/N-ethyl adjacent to an activating group) is 1. The van der Waals surface area contributed by atoms with Gasteiger partial charge in [0.05, 0.1) is 4.47 Å². The molecule has 1 nitrogen and oxygen atoms in total. The first-order valence-corrected chi connectivity index (χ1v) is 8.11. The molecule has 2 rings (SSSR count). The van der Waals surface area contributed by atoms with Crippen molar-refractivity contribution in [3.63, 3.8) is 0 Å². The molecule has 0 aliphatic rings. The van der Waals surface area contributed by atoms with Gasteiger partial charge in [-0.2, -0.15) is 0 Å². The van der Waals surface area contributed by atoms with E-state index in [-0.39, 0.29) is 11.6 Å². The molecule has 0 aliphatic carbocycles. The topological polar surface area (TPSA) is 12.0 Å². The van der Waals surface area contributed by atoms with Crippen LogP contribution in [-0.2, 0) is 12.8 Å². The Balaban J connectivity index is 2.34. The van der Waals surface area contributed by atoms with Crippen LogP contribution in [0.2, 0.25) is 0 Å². The fourth-order valence-electron chi connectivity index (χ4n) is 2.23. The highest BCUT2D eigenvalue weighted by Crippen LogP contribution is 2.30. The van der Waals surface area contributed by atoms with E-state index in [1.54, 1.807) is 11.3 Å². The van der Waals surface area contributed by atoms with Crippen molar-refractivity contribution < 1.29 is 8.78 Å². The van der Waals surface area contributed by atoms with Crippen molar-refractivity contribution in [1.82, 2.24) is 5.32 Å². The highest BCUT2D eigenvalue weighted by molar-refractivity contribution is 9.10. The number of hydrogen-bond donors (Lipinski definition) is 1. The van der Waals surface area contributed by atoms with Crippen molar-refractivity contribution in [2.45, 2.75) is 25.8 Å². The molecule has 0 fully saturated rings. The molecule has 0 saturated heterocycles. The highest BCUT2D eigenvalue weighted by Gasteiger charge is 2.20. The van der Waals surface area contributed by atoms with Crippen LogP contribution in [0.5, 0.6) is 0 Å². The quantitative estimate of drug-likeness (QED) is 0.752. The molecule has 0 spiro atoms. The molecule has 0 amide bonds. The van der Waals surface area contributed by atoms with E-state index in [1.807, 2.05) is 12.4 Å². The van der Waals surface area contributed by atoms with Crippen molar-refractivity contribution in [2.75, 3.05) is 7.05 Å². The number of rotatable bonds is 5. The van der Waals surface area contributed by atoms with Crippen LogP contribution in [-0.4, -0.2) is 7.05 Å². The molecular weight excluding hydrogens is 344 g/mol. The van der Waals surface area contributed by atoms with Crippen LogP contribution in [0.25, 0.3) is 0 Å². The van der Waals surface area contributed by atoms with Gasteiger partial charge in [-0.05, 0) is 65.0 Å². The Kier molecular flexibility index (Phi) is 5.29. The molecule has 5 heteroatoms. The lowest BCUT2D eigenvalue weighted by molar-refractivity contribution is 0.514. The molecule has 0 saturated carbocycles. The molecule has 1 N–H and O–H groups in total. The number of nitrogens with one attached hydrogen (secondary N) is 1. The van der Waals surface area contributed by atoms with E-state index in [2.05, 4.69) is 34.2 Å². The second-order valence-electron chi connectivity index (χ2n) is 4.53. The molecular formula is C15H16BrF2NS. The zero-order valence-corrected chi connectivity index (χ0v) is 13.7. The lowest BCUT2D eigenvalue weighted by Gasteiger charge is -2.18. The Bertz CT molecular complexity index is 598. The zero-order valence-electron chi connectivity index (χ0n) is 11.3. The van der Waals surface area contributed by atoms with Gasteiger partial charge in [-0.15, -0.1) is 11.3 Å². The van der Waals surface area contributed by atoms with Gasteiger partial charge in [0.1, 0.15) is 11.6 Å². The maximum absolute atomic E-state index is 14.1. The smallest absolute Gasteiger partial charge is 0.143 e. The molecule has 1 unspecified atom stereocenters. The molecule has 20 heavy (non-hydrogen) atoms. The van der Waals surface area contributed by atoms with Gasteiger partial charge in [-0.25, -0.2) is 8.78 Å². The molecule has 0 radical (unpaired) electrons. The summed E-state index contributed by atoms with van der Waals surface area (Å²) in [6, 6.07) is 4.68. The predicted molar refractivity (Wildman–Crippen MR) is 83.3 cm³/mol.